The monoisotopic (exact) mass is 349 g/mol. The van der Waals surface area contributed by atoms with Gasteiger partial charge in [0.05, 0.1) is 7.11 Å². The maximum Gasteiger partial charge on any atom is 0.321 e. The lowest BCUT2D eigenvalue weighted by Crippen LogP contribution is -2.41. The van der Waals surface area contributed by atoms with Crippen LogP contribution >= 0.6 is 0 Å². The van der Waals surface area contributed by atoms with Gasteiger partial charge >= 0.3 is 6.03 Å². The predicted octanol–water partition coefficient (Wildman–Crippen LogP) is 4.59. The van der Waals surface area contributed by atoms with Gasteiger partial charge in [0.25, 0.3) is 0 Å². The van der Waals surface area contributed by atoms with Crippen molar-refractivity contribution < 1.29 is 9.53 Å². The second-order valence-electron chi connectivity index (χ2n) is 6.76. The minimum Gasteiger partial charge on any atom is -0.497 e. The molecule has 3 aromatic rings. The van der Waals surface area contributed by atoms with E-state index in [0.29, 0.717) is 5.92 Å². The zero-order chi connectivity index (χ0) is 17.9. The first-order chi connectivity index (χ1) is 12.7. The second kappa shape index (κ2) is 7.12. The lowest BCUT2D eigenvalue weighted by Gasteiger charge is -2.32. The fourth-order valence-electron chi connectivity index (χ4n) is 3.62. The zero-order valence-electron chi connectivity index (χ0n) is 14.9. The van der Waals surface area contributed by atoms with Crippen LogP contribution in [0.5, 0.6) is 5.75 Å². The van der Waals surface area contributed by atoms with Gasteiger partial charge in [-0.15, -0.1) is 0 Å². The summed E-state index contributed by atoms with van der Waals surface area (Å²) in [5, 5.41) is 4.13. The van der Waals surface area contributed by atoms with E-state index in [1.54, 1.807) is 7.11 Å². The summed E-state index contributed by atoms with van der Waals surface area (Å²) < 4.78 is 5.31. The lowest BCUT2D eigenvalue weighted by molar-refractivity contribution is 0.192. The normalized spacial score (nSPS) is 17.3. The van der Waals surface area contributed by atoms with Crippen molar-refractivity contribution in [3.8, 4) is 5.75 Å². The van der Waals surface area contributed by atoms with Crippen molar-refractivity contribution >= 4 is 22.6 Å². The third-order valence-electron chi connectivity index (χ3n) is 5.02. The molecule has 0 aliphatic carbocycles. The molecule has 2 amide bonds. The van der Waals surface area contributed by atoms with Gasteiger partial charge < -0.3 is 19.9 Å². The fraction of sp³-hybridized carbons (Fsp3) is 0.286. The van der Waals surface area contributed by atoms with Crippen LogP contribution in [-0.4, -0.2) is 36.1 Å². The Morgan fingerprint density at radius 1 is 1.19 bits per heavy atom. The standard InChI is InChI=1S/C21H23N3O2/c1-26-18-9-10-19-16(12-18)13-20(23-19)15-6-5-11-24(14-15)21(25)22-17-7-3-2-4-8-17/h2-4,7-10,12-13,15,23H,5-6,11,14H2,1H3,(H,22,25). The first kappa shape index (κ1) is 16.5. The number of nitrogens with one attached hydrogen (secondary N) is 2. The molecule has 2 N–H and O–H groups in total. The summed E-state index contributed by atoms with van der Waals surface area (Å²) in [7, 11) is 1.68. The number of benzene rings is 2. The summed E-state index contributed by atoms with van der Waals surface area (Å²) in [5.41, 5.74) is 3.12. The molecular weight excluding hydrogens is 326 g/mol. The SMILES string of the molecule is COc1ccc2[nH]c(C3CCCN(C(=O)Nc4ccccc4)C3)cc2c1. The number of piperidine rings is 1. The second-order valence-corrected chi connectivity index (χ2v) is 6.76. The summed E-state index contributed by atoms with van der Waals surface area (Å²) in [6.07, 6.45) is 2.09. The smallest absolute Gasteiger partial charge is 0.321 e. The van der Waals surface area contributed by atoms with Gasteiger partial charge in [0.15, 0.2) is 0 Å². The number of fused-ring (bicyclic) bond motifs is 1. The Hall–Kier alpha value is -2.95. The summed E-state index contributed by atoms with van der Waals surface area (Å²) in [4.78, 5) is 18.0. The molecule has 5 nitrogen and oxygen atoms in total. The van der Waals surface area contributed by atoms with Crippen LogP contribution in [0.2, 0.25) is 0 Å². The van der Waals surface area contributed by atoms with E-state index in [0.717, 1.165) is 48.3 Å². The first-order valence-corrected chi connectivity index (χ1v) is 9.00. The summed E-state index contributed by atoms with van der Waals surface area (Å²) in [6.45, 7) is 1.52. The van der Waals surface area contributed by atoms with Crippen LogP contribution in [0.3, 0.4) is 0 Å². The molecule has 134 valence electrons. The molecule has 26 heavy (non-hydrogen) atoms. The molecule has 0 spiro atoms. The molecular formula is C21H23N3O2. The number of aromatic amines is 1. The molecule has 1 unspecified atom stereocenters. The quantitative estimate of drug-likeness (QED) is 0.727. The first-order valence-electron chi connectivity index (χ1n) is 9.00. The number of urea groups is 1. The highest BCUT2D eigenvalue weighted by Crippen LogP contribution is 2.30. The maximum absolute atomic E-state index is 12.6. The molecule has 1 fully saturated rings. The Balaban J connectivity index is 1.48. The third-order valence-corrected chi connectivity index (χ3v) is 5.02. The Morgan fingerprint density at radius 3 is 2.85 bits per heavy atom. The predicted molar refractivity (Wildman–Crippen MR) is 104 cm³/mol. The van der Waals surface area contributed by atoms with E-state index in [4.69, 9.17) is 4.74 Å². The van der Waals surface area contributed by atoms with Crippen molar-refractivity contribution in [2.45, 2.75) is 18.8 Å². The number of amides is 2. The van der Waals surface area contributed by atoms with E-state index < -0.39 is 0 Å². The molecule has 0 radical (unpaired) electrons. The molecule has 4 rings (SSSR count). The molecule has 2 aromatic carbocycles. The molecule has 0 bridgehead atoms. The van der Waals surface area contributed by atoms with Crippen molar-refractivity contribution in [3.05, 3.63) is 60.3 Å². The van der Waals surface area contributed by atoms with Crippen LogP contribution in [0.4, 0.5) is 10.5 Å². The molecule has 0 saturated carbocycles. The molecule has 1 atom stereocenters. The van der Waals surface area contributed by atoms with Crippen molar-refractivity contribution in [2.24, 2.45) is 0 Å². The average molecular weight is 349 g/mol. The zero-order valence-corrected chi connectivity index (χ0v) is 14.9. The van der Waals surface area contributed by atoms with Crippen molar-refractivity contribution in [2.75, 3.05) is 25.5 Å². The molecule has 1 aliphatic heterocycles. The van der Waals surface area contributed by atoms with Gasteiger partial charge in [-0.2, -0.15) is 0 Å². The number of ether oxygens (including phenoxy) is 1. The minimum atomic E-state index is -0.0290. The Morgan fingerprint density at radius 2 is 2.04 bits per heavy atom. The van der Waals surface area contributed by atoms with Crippen LogP contribution in [0.15, 0.2) is 54.6 Å². The molecule has 1 saturated heterocycles. The van der Waals surface area contributed by atoms with Gasteiger partial charge in [0.1, 0.15) is 5.75 Å². The van der Waals surface area contributed by atoms with E-state index in [1.165, 1.54) is 5.69 Å². The summed E-state index contributed by atoms with van der Waals surface area (Å²) >= 11 is 0. The number of carbonyl (C=O) groups excluding carboxylic acids is 1. The highest BCUT2D eigenvalue weighted by atomic mass is 16.5. The largest absolute Gasteiger partial charge is 0.497 e. The number of para-hydroxylation sites is 1. The number of nitrogens with zero attached hydrogens (tertiary/aromatic N) is 1. The maximum atomic E-state index is 12.6. The fourth-order valence-corrected chi connectivity index (χ4v) is 3.62. The van der Waals surface area contributed by atoms with E-state index in [9.17, 15) is 4.79 Å². The number of likely N-dealkylation sites (tertiary alicyclic amines) is 1. The van der Waals surface area contributed by atoms with Crippen LogP contribution in [0.25, 0.3) is 10.9 Å². The number of hydrogen-bond donors (Lipinski definition) is 2. The number of hydrogen-bond acceptors (Lipinski definition) is 2. The van der Waals surface area contributed by atoms with Gasteiger partial charge in [-0.1, -0.05) is 18.2 Å². The lowest BCUT2D eigenvalue weighted by atomic mass is 9.95. The number of anilines is 1. The Labute approximate surface area is 153 Å². The highest BCUT2D eigenvalue weighted by molar-refractivity contribution is 5.89. The molecule has 1 aliphatic rings. The van der Waals surface area contributed by atoms with Crippen molar-refractivity contribution in [1.29, 1.82) is 0 Å². The number of rotatable bonds is 3. The topological polar surface area (TPSA) is 57.4 Å². The van der Waals surface area contributed by atoms with Gasteiger partial charge in [-0.25, -0.2) is 4.79 Å². The van der Waals surface area contributed by atoms with E-state index in [-0.39, 0.29) is 6.03 Å². The minimum absolute atomic E-state index is 0.0290. The Kier molecular flexibility index (Phi) is 4.52. The molecule has 5 heteroatoms. The summed E-state index contributed by atoms with van der Waals surface area (Å²) in [5.74, 6) is 1.18. The highest BCUT2D eigenvalue weighted by Gasteiger charge is 2.26. The van der Waals surface area contributed by atoms with Crippen molar-refractivity contribution in [3.63, 3.8) is 0 Å². The Bertz CT molecular complexity index is 904. The third kappa shape index (κ3) is 3.38. The number of methoxy groups -OCH3 is 1. The average Bonchev–Trinajstić information content (AvgIpc) is 3.12. The van der Waals surface area contributed by atoms with Gasteiger partial charge in [-0.3, -0.25) is 0 Å². The van der Waals surface area contributed by atoms with E-state index >= 15 is 0 Å². The molecule has 1 aromatic heterocycles. The van der Waals surface area contributed by atoms with Crippen LogP contribution in [-0.2, 0) is 0 Å². The van der Waals surface area contributed by atoms with Crippen LogP contribution in [0, 0.1) is 0 Å². The van der Waals surface area contributed by atoms with Gasteiger partial charge in [-0.05, 0) is 49.2 Å². The summed E-state index contributed by atoms with van der Waals surface area (Å²) in [6, 6.07) is 17.8. The van der Waals surface area contributed by atoms with Crippen LogP contribution in [0.1, 0.15) is 24.5 Å². The van der Waals surface area contributed by atoms with E-state index in [1.807, 2.05) is 53.4 Å². The number of H-pyrrole nitrogens is 1. The number of carbonyl (C=O) groups is 1. The number of aromatic nitrogens is 1. The van der Waals surface area contributed by atoms with Crippen molar-refractivity contribution in [1.82, 2.24) is 9.88 Å². The van der Waals surface area contributed by atoms with Crippen LogP contribution < -0.4 is 10.1 Å². The van der Waals surface area contributed by atoms with Gasteiger partial charge in [0, 0.05) is 41.3 Å². The molecule has 2 heterocycles. The van der Waals surface area contributed by atoms with E-state index in [2.05, 4.69) is 16.4 Å². The van der Waals surface area contributed by atoms with Gasteiger partial charge in [0.2, 0.25) is 0 Å².